The Morgan fingerprint density at radius 2 is 2.12 bits per heavy atom. The summed E-state index contributed by atoms with van der Waals surface area (Å²) in [5.41, 5.74) is 3.96. The molecule has 0 radical (unpaired) electrons. The number of carbonyl (C=O) groups is 1. The van der Waals surface area contributed by atoms with Gasteiger partial charge in [0.1, 0.15) is 5.82 Å². The SMILES string of the molecule is CCOC(=O)C(F)(F)c1cc(Br)c(F)cc1N. The average molecular weight is 312 g/mol. The van der Waals surface area contributed by atoms with E-state index in [4.69, 9.17) is 5.73 Å². The van der Waals surface area contributed by atoms with E-state index in [0.717, 1.165) is 6.07 Å². The van der Waals surface area contributed by atoms with Gasteiger partial charge in [-0.05, 0) is 35.0 Å². The molecule has 0 aromatic heterocycles. The van der Waals surface area contributed by atoms with Crippen LogP contribution in [0, 0.1) is 5.82 Å². The van der Waals surface area contributed by atoms with Gasteiger partial charge in [0.15, 0.2) is 0 Å². The maximum atomic E-state index is 13.6. The number of nitrogen functional groups attached to an aromatic ring is 1. The van der Waals surface area contributed by atoms with Gasteiger partial charge in [-0.15, -0.1) is 0 Å². The van der Waals surface area contributed by atoms with E-state index in [9.17, 15) is 18.0 Å². The van der Waals surface area contributed by atoms with Crippen molar-refractivity contribution in [1.82, 2.24) is 0 Å². The summed E-state index contributed by atoms with van der Waals surface area (Å²) in [5, 5.41) is 0. The van der Waals surface area contributed by atoms with E-state index in [0.29, 0.717) is 6.07 Å². The lowest BCUT2D eigenvalue weighted by Crippen LogP contribution is -2.29. The van der Waals surface area contributed by atoms with Crippen molar-refractivity contribution in [2.75, 3.05) is 12.3 Å². The summed E-state index contributed by atoms with van der Waals surface area (Å²) in [5.74, 6) is -6.41. The molecule has 0 heterocycles. The predicted molar refractivity (Wildman–Crippen MR) is 59.0 cm³/mol. The summed E-state index contributed by atoms with van der Waals surface area (Å²) in [6.07, 6.45) is 0. The van der Waals surface area contributed by atoms with Gasteiger partial charge in [-0.1, -0.05) is 0 Å². The van der Waals surface area contributed by atoms with Crippen molar-refractivity contribution in [3.8, 4) is 0 Å². The molecule has 0 fully saturated rings. The molecule has 94 valence electrons. The molecule has 0 unspecified atom stereocenters. The van der Waals surface area contributed by atoms with Crippen molar-refractivity contribution < 1.29 is 22.7 Å². The fourth-order valence-corrected chi connectivity index (χ4v) is 1.51. The molecule has 0 saturated carbocycles. The number of benzene rings is 1. The molecule has 0 aliphatic carbocycles. The summed E-state index contributed by atoms with van der Waals surface area (Å²) in [4.78, 5) is 11.1. The quantitative estimate of drug-likeness (QED) is 0.690. The van der Waals surface area contributed by atoms with Crippen molar-refractivity contribution in [2.24, 2.45) is 0 Å². The highest BCUT2D eigenvalue weighted by atomic mass is 79.9. The minimum absolute atomic E-state index is 0.184. The minimum Gasteiger partial charge on any atom is -0.461 e. The third kappa shape index (κ3) is 2.71. The van der Waals surface area contributed by atoms with E-state index in [1.165, 1.54) is 6.92 Å². The van der Waals surface area contributed by atoms with Gasteiger partial charge in [-0.2, -0.15) is 8.78 Å². The van der Waals surface area contributed by atoms with Crippen molar-refractivity contribution in [1.29, 1.82) is 0 Å². The number of alkyl halides is 2. The second-order valence-corrected chi connectivity index (χ2v) is 4.00. The van der Waals surface area contributed by atoms with Crippen LogP contribution in [-0.2, 0) is 15.5 Å². The molecule has 0 saturated heterocycles. The smallest absolute Gasteiger partial charge is 0.382 e. The number of esters is 1. The number of rotatable bonds is 3. The molecule has 0 bridgehead atoms. The normalized spacial score (nSPS) is 11.4. The van der Waals surface area contributed by atoms with Gasteiger partial charge in [0, 0.05) is 5.69 Å². The van der Waals surface area contributed by atoms with Gasteiger partial charge in [-0.3, -0.25) is 0 Å². The molecule has 0 aliphatic rings. The summed E-state index contributed by atoms with van der Waals surface area (Å²) in [7, 11) is 0. The van der Waals surface area contributed by atoms with Crippen LogP contribution in [0.4, 0.5) is 18.9 Å². The number of carbonyl (C=O) groups excluding carboxylic acids is 1. The molecular formula is C10H9BrF3NO2. The standard InChI is InChI=1S/C10H9BrF3NO2/c1-2-17-9(16)10(13,14)5-3-6(11)7(12)4-8(5)15/h3-4H,2,15H2,1H3. The Morgan fingerprint density at radius 3 is 2.65 bits per heavy atom. The maximum absolute atomic E-state index is 13.6. The lowest BCUT2D eigenvalue weighted by molar-refractivity contribution is -0.173. The monoisotopic (exact) mass is 311 g/mol. The molecular weight excluding hydrogens is 303 g/mol. The Kier molecular flexibility index (Phi) is 4.03. The van der Waals surface area contributed by atoms with Crippen LogP contribution in [0.2, 0.25) is 0 Å². The Morgan fingerprint density at radius 1 is 1.53 bits per heavy atom. The van der Waals surface area contributed by atoms with Crippen molar-refractivity contribution in [2.45, 2.75) is 12.8 Å². The van der Waals surface area contributed by atoms with E-state index in [1.807, 2.05) is 0 Å². The zero-order valence-electron chi connectivity index (χ0n) is 8.77. The number of ether oxygens (including phenoxy) is 1. The maximum Gasteiger partial charge on any atom is 0.382 e. The van der Waals surface area contributed by atoms with Crippen LogP contribution in [0.1, 0.15) is 12.5 Å². The van der Waals surface area contributed by atoms with Crippen LogP contribution in [0.5, 0.6) is 0 Å². The molecule has 0 atom stereocenters. The fraction of sp³-hybridized carbons (Fsp3) is 0.300. The van der Waals surface area contributed by atoms with Gasteiger partial charge >= 0.3 is 11.9 Å². The zero-order chi connectivity index (χ0) is 13.2. The lowest BCUT2D eigenvalue weighted by Gasteiger charge is -2.17. The van der Waals surface area contributed by atoms with E-state index >= 15 is 0 Å². The van der Waals surface area contributed by atoms with Crippen molar-refractivity contribution in [3.05, 3.63) is 28.0 Å². The summed E-state index contributed by atoms with van der Waals surface area (Å²) in [6, 6.07) is 1.48. The number of nitrogens with two attached hydrogens (primary N) is 1. The molecule has 3 nitrogen and oxygen atoms in total. The van der Waals surface area contributed by atoms with E-state index in [2.05, 4.69) is 20.7 Å². The molecule has 1 rings (SSSR count). The van der Waals surface area contributed by atoms with Crippen molar-refractivity contribution in [3.63, 3.8) is 0 Å². The van der Waals surface area contributed by atoms with E-state index in [-0.39, 0.29) is 11.1 Å². The molecule has 1 aromatic rings. The number of hydrogen-bond acceptors (Lipinski definition) is 3. The van der Waals surface area contributed by atoms with Crippen LogP contribution in [0.15, 0.2) is 16.6 Å². The lowest BCUT2D eigenvalue weighted by atomic mass is 10.1. The van der Waals surface area contributed by atoms with E-state index < -0.39 is 29.0 Å². The Labute approximate surface area is 104 Å². The Balaban J connectivity index is 3.23. The molecule has 17 heavy (non-hydrogen) atoms. The number of anilines is 1. The van der Waals surface area contributed by atoms with Gasteiger partial charge in [-0.25, -0.2) is 9.18 Å². The first-order chi connectivity index (χ1) is 7.80. The summed E-state index contributed by atoms with van der Waals surface area (Å²) >= 11 is 2.74. The van der Waals surface area contributed by atoms with Crippen LogP contribution >= 0.6 is 15.9 Å². The third-order valence-electron chi connectivity index (χ3n) is 1.96. The van der Waals surface area contributed by atoms with Gasteiger partial charge in [0.25, 0.3) is 0 Å². The predicted octanol–water partition coefficient (Wildman–Crippen LogP) is 2.83. The van der Waals surface area contributed by atoms with Crippen LogP contribution in [-0.4, -0.2) is 12.6 Å². The second-order valence-electron chi connectivity index (χ2n) is 3.15. The fourth-order valence-electron chi connectivity index (χ4n) is 1.17. The zero-order valence-corrected chi connectivity index (χ0v) is 10.4. The average Bonchev–Trinajstić information content (AvgIpc) is 2.23. The molecule has 0 amide bonds. The first kappa shape index (κ1) is 13.8. The second kappa shape index (κ2) is 4.95. The molecule has 0 spiro atoms. The first-order valence-electron chi connectivity index (χ1n) is 4.60. The first-order valence-corrected chi connectivity index (χ1v) is 5.40. The van der Waals surface area contributed by atoms with Gasteiger partial charge in [0.05, 0.1) is 16.6 Å². The number of halogens is 4. The summed E-state index contributed by atoms with van der Waals surface area (Å²) < 4.78 is 44.3. The topological polar surface area (TPSA) is 52.3 Å². The Hall–Kier alpha value is -1.24. The highest BCUT2D eigenvalue weighted by molar-refractivity contribution is 9.10. The van der Waals surface area contributed by atoms with Crippen LogP contribution < -0.4 is 5.73 Å². The van der Waals surface area contributed by atoms with Crippen LogP contribution in [0.25, 0.3) is 0 Å². The molecule has 2 N–H and O–H groups in total. The van der Waals surface area contributed by atoms with Gasteiger partial charge in [0.2, 0.25) is 0 Å². The molecule has 0 aliphatic heterocycles. The van der Waals surface area contributed by atoms with E-state index in [1.54, 1.807) is 0 Å². The molecule has 7 heteroatoms. The highest BCUT2D eigenvalue weighted by Crippen LogP contribution is 2.36. The third-order valence-corrected chi connectivity index (χ3v) is 2.57. The van der Waals surface area contributed by atoms with Crippen molar-refractivity contribution >= 4 is 27.6 Å². The van der Waals surface area contributed by atoms with Crippen LogP contribution in [0.3, 0.4) is 0 Å². The van der Waals surface area contributed by atoms with Gasteiger partial charge < -0.3 is 10.5 Å². The Bertz CT molecular complexity index is 451. The highest BCUT2D eigenvalue weighted by Gasteiger charge is 2.44. The largest absolute Gasteiger partial charge is 0.461 e. The number of hydrogen-bond donors (Lipinski definition) is 1. The summed E-state index contributed by atoms with van der Waals surface area (Å²) in [6.45, 7) is 1.22. The minimum atomic E-state index is -3.91. The molecule has 1 aromatic carbocycles.